The first-order valence-electron chi connectivity index (χ1n) is 4.89. The summed E-state index contributed by atoms with van der Waals surface area (Å²) in [7, 11) is 0. The maximum Gasteiger partial charge on any atom is 0.153 e. The minimum atomic E-state index is 0.114. The van der Waals surface area contributed by atoms with Crippen LogP contribution in [0.2, 0.25) is 25.1 Å². The van der Waals surface area contributed by atoms with Gasteiger partial charge in [0.25, 0.3) is 0 Å². The smallest absolute Gasteiger partial charge is 0.153 e. The van der Waals surface area contributed by atoms with E-state index in [0.29, 0.717) is 32.6 Å². The van der Waals surface area contributed by atoms with Crippen LogP contribution < -0.4 is 0 Å². The average molecular weight is 355 g/mol. The number of carbonyl (C=O) groups excluding carboxylic acids is 1. The monoisotopic (exact) mass is 353 g/mol. The molecule has 0 radical (unpaired) electrons. The van der Waals surface area contributed by atoms with Crippen molar-refractivity contribution in [2.75, 3.05) is 0 Å². The number of halogens is 5. The molecule has 0 unspecified atom stereocenters. The molecule has 2 aromatic rings. The molecule has 0 aliphatic rings. The average Bonchev–Trinajstić information content (AvgIpc) is 2.35. The maximum absolute atomic E-state index is 11.0. The van der Waals surface area contributed by atoms with Crippen LogP contribution in [0.25, 0.3) is 11.3 Å². The zero-order valence-corrected chi connectivity index (χ0v) is 12.8. The largest absolute Gasteiger partial charge is 0.298 e. The van der Waals surface area contributed by atoms with Gasteiger partial charge in [-0.05, 0) is 12.1 Å². The van der Waals surface area contributed by atoms with E-state index in [1.54, 1.807) is 0 Å². The third-order valence-corrected chi connectivity index (χ3v) is 4.11. The van der Waals surface area contributed by atoms with Gasteiger partial charge in [0.2, 0.25) is 0 Å². The highest BCUT2D eigenvalue weighted by molar-refractivity contribution is 6.44. The van der Waals surface area contributed by atoms with Crippen LogP contribution in [0.1, 0.15) is 10.4 Å². The first-order chi connectivity index (χ1) is 8.95. The maximum atomic E-state index is 11.0. The summed E-state index contributed by atoms with van der Waals surface area (Å²) >= 11 is 29.8. The van der Waals surface area contributed by atoms with Crippen LogP contribution in [0.4, 0.5) is 0 Å². The van der Waals surface area contributed by atoms with Gasteiger partial charge in [-0.15, -0.1) is 0 Å². The van der Waals surface area contributed by atoms with Crippen LogP contribution in [0.3, 0.4) is 0 Å². The van der Waals surface area contributed by atoms with Crippen molar-refractivity contribution in [1.29, 1.82) is 0 Å². The number of carbonyl (C=O) groups is 1. The number of hydrogen-bond donors (Lipinski definition) is 0. The van der Waals surface area contributed by atoms with Crippen molar-refractivity contribution in [2.45, 2.75) is 0 Å². The number of benzene rings is 1. The molecule has 2 rings (SSSR count). The first-order valence-corrected chi connectivity index (χ1v) is 6.78. The fourth-order valence-electron chi connectivity index (χ4n) is 1.48. The molecule has 2 nitrogen and oxygen atoms in total. The van der Waals surface area contributed by atoms with Gasteiger partial charge in [0, 0.05) is 11.8 Å². The summed E-state index contributed by atoms with van der Waals surface area (Å²) < 4.78 is 0. The minimum absolute atomic E-state index is 0.114. The minimum Gasteiger partial charge on any atom is -0.298 e. The molecule has 0 aliphatic heterocycles. The van der Waals surface area contributed by atoms with Crippen LogP contribution in [0.15, 0.2) is 18.3 Å². The summed E-state index contributed by atoms with van der Waals surface area (Å²) in [5.74, 6) is 0. The Balaban J connectivity index is 2.73. The van der Waals surface area contributed by atoms with Crippen LogP contribution in [-0.4, -0.2) is 11.3 Å². The fraction of sp³-hybridized carbons (Fsp3) is 0. The van der Waals surface area contributed by atoms with Crippen LogP contribution in [0.5, 0.6) is 0 Å². The lowest BCUT2D eigenvalue weighted by Gasteiger charge is -2.09. The lowest BCUT2D eigenvalue weighted by Crippen LogP contribution is -1.93. The molecule has 0 saturated carbocycles. The normalized spacial score (nSPS) is 10.6. The molecule has 98 valence electrons. The number of aromatic nitrogens is 1. The summed E-state index contributed by atoms with van der Waals surface area (Å²) in [6.07, 6.45) is 1.88. The molecule has 1 heterocycles. The quantitative estimate of drug-likeness (QED) is 0.501. The van der Waals surface area contributed by atoms with Crippen molar-refractivity contribution in [2.24, 2.45) is 0 Å². The lowest BCUT2D eigenvalue weighted by atomic mass is 10.1. The fourth-order valence-corrected chi connectivity index (χ4v) is 2.65. The number of hydrogen-bond acceptors (Lipinski definition) is 2. The molecule has 19 heavy (non-hydrogen) atoms. The Labute approximate surface area is 134 Å². The van der Waals surface area contributed by atoms with Crippen molar-refractivity contribution in [3.05, 3.63) is 49.0 Å². The summed E-state index contributed by atoms with van der Waals surface area (Å²) in [6.45, 7) is 0. The van der Waals surface area contributed by atoms with E-state index in [9.17, 15) is 4.79 Å². The zero-order valence-electron chi connectivity index (χ0n) is 9.05. The molecule has 1 aromatic carbocycles. The Morgan fingerprint density at radius 2 is 1.53 bits per heavy atom. The van der Waals surface area contributed by atoms with E-state index in [-0.39, 0.29) is 15.6 Å². The van der Waals surface area contributed by atoms with E-state index >= 15 is 0 Å². The molecule has 0 spiro atoms. The van der Waals surface area contributed by atoms with Crippen LogP contribution in [-0.2, 0) is 0 Å². The van der Waals surface area contributed by atoms with Crippen molar-refractivity contribution in [3.63, 3.8) is 0 Å². The van der Waals surface area contributed by atoms with Crippen molar-refractivity contribution in [1.82, 2.24) is 4.98 Å². The number of rotatable bonds is 2. The van der Waals surface area contributed by atoms with E-state index in [2.05, 4.69) is 4.98 Å². The first kappa shape index (κ1) is 14.9. The molecule has 1 aromatic heterocycles. The van der Waals surface area contributed by atoms with Crippen LogP contribution in [0, 0.1) is 0 Å². The lowest BCUT2D eigenvalue weighted by molar-refractivity contribution is 0.112. The van der Waals surface area contributed by atoms with E-state index in [1.165, 1.54) is 18.3 Å². The Hall–Kier alpha value is -0.510. The number of aldehydes is 1. The highest BCUT2D eigenvalue weighted by Crippen LogP contribution is 2.39. The molecular formula is C12H4Cl5NO. The van der Waals surface area contributed by atoms with Crippen LogP contribution >= 0.6 is 58.0 Å². The Kier molecular flexibility index (Phi) is 4.59. The highest BCUT2D eigenvalue weighted by Gasteiger charge is 2.16. The van der Waals surface area contributed by atoms with Gasteiger partial charge in [-0.3, -0.25) is 9.78 Å². The summed E-state index contributed by atoms with van der Waals surface area (Å²) in [5, 5.41) is 1.23. The predicted octanol–water partition coefficient (Wildman–Crippen LogP) is 5.83. The SMILES string of the molecule is O=Cc1c(Cl)cnc(-c2cc(Cl)c(Cl)cc2Cl)c1Cl. The molecule has 0 saturated heterocycles. The van der Waals surface area contributed by atoms with Crippen molar-refractivity contribution < 1.29 is 4.79 Å². The Morgan fingerprint density at radius 1 is 0.895 bits per heavy atom. The molecule has 0 fully saturated rings. The number of pyridine rings is 1. The second-order valence-corrected chi connectivity index (χ2v) is 5.55. The third-order valence-electron chi connectivity index (χ3n) is 2.39. The number of nitrogens with zero attached hydrogens (tertiary/aromatic N) is 1. The van der Waals surface area contributed by atoms with Crippen molar-refractivity contribution >= 4 is 64.3 Å². The second-order valence-electron chi connectivity index (χ2n) is 3.55. The molecule has 0 bridgehead atoms. The molecule has 0 amide bonds. The summed E-state index contributed by atoms with van der Waals surface area (Å²) in [4.78, 5) is 15.0. The topological polar surface area (TPSA) is 30.0 Å². The molecule has 0 aliphatic carbocycles. The highest BCUT2D eigenvalue weighted by atomic mass is 35.5. The summed E-state index contributed by atoms with van der Waals surface area (Å²) in [5.41, 5.74) is 0.938. The predicted molar refractivity (Wildman–Crippen MR) is 80.1 cm³/mol. The van der Waals surface area contributed by atoms with Crippen molar-refractivity contribution in [3.8, 4) is 11.3 Å². The van der Waals surface area contributed by atoms with E-state index < -0.39 is 0 Å². The third kappa shape index (κ3) is 2.83. The van der Waals surface area contributed by atoms with Gasteiger partial charge in [-0.1, -0.05) is 58.0 Å². The van der Waals surface area contributed by atoms with E-state index in [1.807, 2.05) is 0 Å². The van der Waals surface area contributed by atoms with E-state index in [4.69, 9.17) is 58.0 Å². The van der Waals surface area contributed by atoms with Gasteiger partial charge >= 0.3 is 0 Å². The summed E-state index contributed by atoms with van der Waals surface area (Å²) in [6, 6.07) is 3.01. The Bertz CT molecular complexity index is 672. The second kappa shape index (κ2) is 5.86. The Morgan fingerprint density at radius 3 is 2.16 bits per heavy atom. The van der Waals surface area contributed by atoms with E-state index in [0.717, 1.165) is 0 Å². The molecular weight excluding hydrogens is 351 g/mol. The van der Waals surface area contributed by atoms with Gasteiger partial charge in [-0.2, -0.15) is 0 Å². The molecule has 0 atom stereocenters. The van der Waals surface area contributed by atoms with Gasteiger partial charge in [-0.25, -0.2) is 0 Å². The van der Waals surface area contributed by atoms with Gasteiger partial charge in [0.1, 0.15) is 0 Å². The van der Waals surface area contributed by atoms with Gasteiger partial charge in [0.15, 0.2) is 6.29 Å². The van der Waals surface area contributed by atoms with Gasteiger partial charge in [0.05, 0.1) is 36.4 Å². The molecule has 0 N–H and O–H groups in total. The van der Waals surface area contributed by atoms with Gasteiger partial charge < -0.3 is 0 Å². The zero-order chi connectivity index (χ0) is 14.2. The molecule has 7 heteroatoms. The standard InChI is InChI=1S/C12H4Cl5NO/c13-7-2-9(15)8(14)1-5(7)12-11(17)6(4-19)10(16)3-18-12/h1-4H.